The van der Waals surface area contributed by atoms with Crippen molar-refractivity contribution < 1.29 is 23.9 Å². The first-order chi connectivity index (χ1) is 9.31. The molecule has 1 aromatic rings. The maximum Gasteiger partial charge on any atom is 0.326 e. The average Bonchev–Trinajstić information content (AvgIpc) is 2.33. The predicted molar refractivity (Wildman–Crippen MR) is 68.7 cm³/mol. The molecular formula is C12H12ClFN2O4. The predicted octanol–water partition coefficient (Wildman–Crippen LogP) is 0.928. The largest absolute Gasteiger partial charge is 0.480 e. The molecule has 2 amide bonds. The van der Waals surface area contributed by atoms with Gasteiger partial charge in [-0.05, 0) is 24.6 Å². The number of halogens is 2. The van der Waals surface area contributed by atoms with Crippen LogP contribution in [0.5, 0.6) is 0 Å². The molecule has 0 aliphatic carbocycles. The highest BCUT2D eigenvalue weighted by Crippen LogP contribution is 2.17. The second-order valence-corrected chi connectivity index (χ2v) is 4.40. The third-order valence-corrected chi connectivity index (χ3v) is 2.77. The minimum Gasteiger partial charge on any atom is -0.480 e. The number of amides is 2. The van der Waals surface area contributed by atoms with E-state index in [1.165, 1.54) is 0 Å². The van der Waals surface area contributed by atoms with Gasteiger partial charge in [0.05, 0.1) is 10.6 Å². The summed E-state index contributed by atoms with van der Waals surface area (Å²) in [6.07, 6.45) is -0.330. The van der Waals surface area contributed by atoms with Gasteiger partial charge in [0, 0.05) is 6.42 Å². The average molecular weight is 303 g/mol. The Morgan fingerprint density at radius 1 is 1.40 bits per heavy atom. The van der Waals surface area contributed by atoms with Crippen LogP contribution in [0, 0.1) is 5.82 Å². The maximum absolute atomic E-state index is 12.8. The van der Waals surface area contributed by atoms with Gasteiger partial charge in [-0.3, -0.25) is 9.59 Å². The number of carbonyl (C=O) groups is 3. The van der Waals surface area contributed by atoms with E-state index >= 15 is 0 Å². The van der Waals surface area contributed by atoms with Gasteiger partial charge < -0.3 is 16.2 Å². The zero-order chi connectivity index (χ0) is 15.3. The molecule has 1 rings (SSSR count). The molecule has 1 aromatic carbocycles. The molecule has 20 heavy (non-hydrogen) atoms. The Morgan fingerprint density at radius 3 is 2.55 bits per heavy atom. The van der Waals surface area contributed by atoms with Crippen LogP contribution in [-0.4, -0.2) is 28.9 Å². The van der Waals surface area contributed by atoms with Crippen molar-refractivity contribution >= 4 is 29.4 Å². The minimum absolute atomic E-state index is 0.0570. The number of nitrogens with two attached hydrogens (primary N) is 1. The molecule has 0 aromatic heterocycles. The van der Waals surface area contributed by atoms with Crippen molar-refractivity contribution in [1.29, 1.82) is 0 Å². The van der Waals surface area contributed by atoms with Crippen molar-refractivity contribution in [2.75, 3.05) is 0 Å². The smallest absolute Gasteiger partial charge is 0.326 e. The highest BCUT2D eigenvalue weighted by atomic mass is 35.5. The fraction of sp³-hybridized carbons (Fsp3) is 0.250. The lowest BCUT2D eigenvalue weighted by Gasteiger charge is -2.14. The second kappa shape index (κ2) is 6.85. The number of carboxylic acid groups (broad SMARTS) is 1. The highest BCUT2D eigenvalue weighted by molar-refractivity contribution is 6.33. The summed E-state index contributed by atoms with van der Waals surface area (Å²) in [6.45, 7) is 0. The van der Waals surface area contributed by atoms with Crippen LogP contribution in [0.1, 0.15) is 23.2 Å². The third-order valence-electron chi connectivity index (χ3n) is 2.46. The lowest BCUT2D eigenvalue weighted by atomic mass is 10.1. The van der Waals surface area contributed by atoms with Crippen LogP contribution in [-0.2, 0) is 9.59 Å². The summed E-state index contributed by atoms with van der Waals surface area (Å²) >= 11 is 5.69. The summed E-state index contributed by atoms with van der Waals surface area (Å²) in [5, 5.41) is 11.0. The van der Waals surface area contributed by atoms with Gasteiger partial charge in [-0.25, -0.2) is 9.18 Å². The van der Waals surface area contributed by atoms with E-state index in [0.29, 0.717) is 0 Å². The van der Waals surface area contributed by atoms with Crippen LogP contribution in [0.3, 0.4) is 0 Å². The number of aliphatic carboxylic acids is 1. The first-order valence-electron chi connectivity index (χ1n) is 5.58. The number of rotatable bonds is 6. The van der Waals surface area contributed by atoms with E-state index in [0.717, 1.165) is 18.2 Å². The maximum atomic E-state index is 12.8. The number of hydrogen-bond donors (Lipinski definition) is 3. The number of carboxylic acids is 1. The fourth-order valence-corrected chi connectivity index (χ4v) is 1.71. The molecule has 0 unspecified atom stereocenters. The number of carbonyl (C=O) groups excluding carboxylic acids is 2. The Hall–Kier alpha value is -2.15. The second-order valence-electron chi connectivity index (χ2n) is 3.99. The fourth-order valence-electron chi connectivity index (χ4n) is 1.45. The Balaban J connectivity index is 2.80. The zero-order valence-electron chi connectivity index (χ0n) is 10.2. The number of benzene rings is 1. The molecule has 0 spiro atoms. The minimum atomic E-state index is -1.31. The van der Waals surface area contributed by atoms with Crippen LogP contribution in [0.25, 0.3) is 0 Å². The van der Waals surface area contributed by atoms with Crippen LogP contribution in [0.2, 0.25) is 5.02 Å². The third kappa shape index (κ3) is 4.51. The summed E-state index contributed by atoms with van der Waals surface area (Å²) in [6, 6.07) is 1.83. The van der Waals surface area contributed by atoms with Crippen molar-refractivity contribution in [3.05, 3.63) is 34.6 Å². The van der Waals surface area contributed by atoms with Crippen molar-refractivity contribution in [3.8, 4) is 0 Å². The van der Waals surface area contributed by atoms with Gasteiger partial charge >= 0.3 is 5.97 Å². The van der Waals surface area contributed by atoms with Gasteiger partial charge in [-0.15, -0.1) is 0 Å². The zero-order valence-corrected chi connectivity index (χ0v) is 11.0. The quantitative estimate of drug-likeness (QED) is 0.726. The van der Waals surface area contributed by atoms with Crippen LogP contribution >= 0.6 is 11.6 Å². The molecule has 0 heterocycles. The van der Waals surface area contributed by atoms with Gasteiger partial charge in [-0.2, -0.15) is 0 Å². The Morgan fingerprint density at radius 2 is 2.05 bits per heavy atom. The molecule has 4 N–H and O–H groups in total. The molecule has 1 atom stereocenters. The molecule has 108 valence electrons. The molecule has 0 aliphatic rings. The van der Waals surface area contributed by atoms with Gasteiger partial charge in [0.2, 0.25) is 5.91 Å². The van der Waals surface area contributed by atoms with E-state index < -0.39 is 29.6 Å². The van der Waals surface area contributed by atoms with E-state index in [1.807, 2.05) is 0 Å². The summed E-state index contributed by atoms with van der Waals surface area (Å²) in [5.74, 6) is -3.37. The summed E-state index contributed by atoms with van der Waals surface area (Å²) < 4.78 is 12.8. The molecule has 8 heteroatoms. The van der Waals surface area contributed by atoms with Gasteiger partial charge in [0.1, 0.15) is 11.9 Å². The van der Waals surface area contributed by atoms with E-state index in [2.05, 4.69) is 5.32 Å². The van der Waals surface area contributed by atoms with Crippen molar-refractivity contribution in [2.45, 2.75) is 18.9 Å². The lowest BCUT2D eigenvalue weighted by Crippen LogP contribution is -2.41. The molecular weight excluding hydrogens is 291 g/mol. The first kappa shape index (κ1) is 15.9. The van der Waals surface area contributed by atoms with Gasteiger partial charge in [0.25, 0.3) is 5.91 Å². The summed E-state index contributed by atoms with van der Waals surface area (Å²) in [7, 11) is 0. The van der Waals surface area contributed by atoms with Crippen LogP contribution in [0.15, 0.2) is 18.2 Å². The van der Waals surface area contributed by atoms with E-state index in [-0.39, 0.29) is 23.4 Å². The molecule has 0 saturated carbocycles. The monoisotopic (exact) mass is 302 g/mol. The number of nitrogens with one attached hydrogen (secondary N) is 1. The van der Waals surface area contributed by atoms with Gasteiger partial charge in [-0.1, -0.05) is 11.6 Å². The van der Waals surface area contributed by atoms with Crippen LogP contribution < -0.4 is 11.1 Å². The molecule has 0 aliphatic heterocycles. The van der Waals surface area contributed by atoms with Crippen molar-refractivity contribution in [2.24, 2.45) is 5.73 Å². The number of hydrogen-bond acceptors (Lipinski definition) is 3. The molecule has 0 radical (unpaired) electrons. The molecule has 0 fully saturated rings. The Labute approximate surface area is 118 Å². The standard InChI is InChI=1S/C12H12ClFN2O4/c13-8-5-6(14)1-2-7(8)11(18)16-9(12(19)20)3-4-10(15)17/h1-2,5,9H,3-4H2,(H2,15,17)(H,16,18)(H,19,20)/t9-/m1/s1. The molecule has 6 nitrogen and oxygen atoms in total. The normalized spacial score (nSPS) is 11.7. The van der Waals surface area contributed by atoms with E-state index in [9.17, 15) is 18.8 Å². The van der Waals surface area contributed by atoms with Crippen molar-refractivity contribution in [1.82, 2.24) is 5.32 Å². The van der Waals surface area contributed by atoms with Gasteiger partial charge in [0.15, 0.2) is 0 Å². The summed E-state index contributed by atoms with van der Waals surface area (Å²) in [5.41, 5.74) is 4.86. The Bertz CT molecular complexity index is 550. The SMILES string of the molecule is NC(=O)CC[C@@H](NC(=O)c1ccc(F)cc1Cl)C(=O)O. The molecule has 0 saturated heterocycles. The highest BCUT2D eigenvalue weighted by Gasteiger charge is 2.22. The van der Waals surface area contributed by atoms with E-state index in [1.54, 1.807) is 0 Å². The first-order valence-corrected chi connectivity index (χ1v) is 5.96. The van der Waals surface area contributed by atoms with Crippen LogP contribution in [0.4, 0.5) is 4.39 Å². The number of primary amides is 1. The van der Waals surface area contributed by atoms with Crippen molar-refractivity contribution in [3.63, 3.8) is 0 Å². The lowest BCUT2D eigenvalue weighted by molar-refractivity contribution is -0.139. The molecule has 0 bridgehead atoms. The Kier molecular flexibility index (Phi) is 5.45. The van der Waals surface area contributed by atoms with E-state index in [4.69, 9.17) is 22.4 Å². The topological polar surface area (TPSA) is 109 Å². The summed E-state index contributed by atoms with van der Waals surface area (Å²) in [4.78, 5) is 33.4.